The van der Waals surface area contributed by atoms with E-state index in [1.54, 1.807) is 12.1 Å². The number of carboxylic acids is 1. The molecule has 0 saturated carbocycles. The van der Waals surface area contributed by atoms with Crippen LogP contribution in [0.3, 0.4) is 0 Å². The van der Waals surface area contributed by atoms with Crippen LogP contribution in [0.25, 0.3) is 16.6 Å². The highest BCUT2D eigenvalue weighted by molar-refractivity contribution is 5.93. The van der Waals surface area contributed by atoms with Crippen molar-refractivity contribution in [1.82, 2.24) is 4.57 Å². The lowest BCUT2D eigenvalue weighted by Gasteiger charge is -2.12. The number of phenolic OH excluding ortho intramolecular Hbond substituents is 1. The van der Waals surface area contributed by atoms with Gasteiger partial charge in [0.1, 0.15) is 17.1 Å². The van der Waals surface area contributed by atoms with Crippen LogP contribution in [0.15, 0.2) is 53.5 Å². The Morgan fingerprint density at radius 2 is 1.77 bits per heavy atom. The fourth-order valence-corrected chi connectivity index (χ4v) is 2.28. The molecule has 110 valence electrons. The molecule has 0 bridgehead atoms. The first-order chi connectivity index (χ1) is 10.5. The minimum absolute atomic E-state index is 0.0204. The first kappa shape index (κ1) is 13.8. The van der Waals surface area contributed by atoms with Crippen LogP contribution in [0, 0.1) is 5.82 Å². The van der Waals surface area contributed by atoms with E-state index in [0.29, 0.717) is 11.2 Å². The first-order valence-electron chi connectivity index (χ1n) is 6.35. The van der Waals surface area contributed by atoms with Crippen molar-refractivity contribution < 1.29 is 19.4 Å². The number of carbonyl (C=O) groups is 1. The Morgan fingerprint density at radius 1 is 1.09 bits per heavy atom. The fourth-order valence-electron chi connectivity index (χ4n) is 2.28. The number of phenols is 1. The minimum atomic E-state index is -1.39. The van der Waals surface area contributed by atoms with E-state index in [1.807, 2.05) is 0 Å². The average Bonchev–Trinajstić information content (AvgIpc) is 2.49. The molecule has 0 amide bonds. The van der Waals surface area contributed by atoms with Crippen molar-refractivity contribution >= 4 is 16.9 Å². The van der Waals surface area contributed by atoms with E-state index in [9.17, 15) is 19.1 Å². The number of aromatic carboxylic acids is 1. The van der Waals surface area contributed by atoms with Crippen molar-refractivity contribution in [3.63, 3.8) is 0 Å². The third-order valence-electron chi connectivity index (χ3n) is 3.32. The van der Waals surface area contributed by atoms with Gasteiger partial charge in [0.05, 0.1) is 5.52 Å². The van der Waals surface area contributed by atoms with Gasteiger partial charge in [0.2, 0.25) is 5.43 Å². The summed E-state index contributed by atoms with van der Waals surface area (Å²) in [4.78, 5) is 23.4. The second-order valence-electron chi connectivity index (χ2n) is 4.72. The maximum absolute atomic E-state index is 13.4. The number of benzene rings is 2. The van der Waals surface area contributed by atoms with Crippen molar-refractivity contribution in [1.29, 1.82) is 0 Å². The van der Waals surface area contributed by atoms with Gasteiger partial charge in [-0.1, -0.05) is 0 Å². The number of rotatable bonds is 2. The third kappa shape index (κ3) is 2.20. The van der Waals surface area contributed by atoms with Crippen LogP contribution in [0.5, 0.6) is 5.75 Å². The van der Waals surface area contributed by atoms with E-state index in [0.717, 1.165) is 6.07 Å². The Labute approximate surface area is 123 Å². The number of hydrogen-bond acceptors (Lipinski definition) is 3. The molecule has 0 spiro atoms. The maximum Gasteiger partial charge on any atom is 0.341 e. The molecule has 0 aliphatic rings. The van der Waals surface area contributed by atoms with E-state index in [4.69, 9.17) is 5.11 Å². The summed E-state index contributed by atoms with van der Waals surface area (Å²) in [5.74, 6) is -1.95. The maximum atomic E-state index is 13.4. The van der Waals surface area contributed by atoms with Gasteiger partial charge in [0.15, 0.2) is 0 Å². The summed E-state index contributed by atoms with van der Waals surface area (Å²) in [6.45, 7) is 0. The van der Waals surface area contributed by atoms with Gasteiger partial charge in [-0.15, -0.1) is 0 Å². The van der Waals surface area contributed by atoms with Gasteiger partial charge in [-0.2, -0.15) is 0 Å². The van der Waals surface area contributed by atoms with E-state index in [1.165, 1.54) is 35.0 Å². The number of aromatic hydroxyl groups is 1. The number of nitrogens with zero attached hydrogens (tertiary/aromatic N) is 1. The summed E-state index contributed by atoms with van der Waals surface area (Å²) in [5, 5.41) is 18.5. The molecule has 1 heterocycles. The van der Waals surface area contributed by atoms with Crippen LogP contribution < -0.4 is 5.43 Å². The zero-order valence-electron chi connectivity index (χ0n) is 11.2. The lowest BCUT2D eigenvalue weighted by atomic mass is 10.1. The number of halogens is 1. The average molecular weight is 299 g/mol. The number of pyridine rings is 1. The Kier molecular flexibility index (Phi) is 3.14. The Bertz CT molecular complexity index is 945. The highest BCUT2D eigenvalue weighted by atomic mass is 19.1. The molecule has 6 heteroatoms. The summed E-state index contributed by atoms with van der Waals surface area (Å²) in [5.41, 5.74) is -0.276. The van der Waals surface area contributed by atoms with E-state index >= 15 is 0 Å². The van der Waals surface area contributed by atoms with Gasteiger partial charge < -0.3 is 14.8 Å². The molecule has 0 radical (unpaired) electrons. The Hall–Kier alpha value is -3.15. The van der Waals surface area contributed by atoms with Crippen LogP contribution in [-0.4, -0.2) is 20.7 Å². The summed E-state index contributed by atoms with van der Waals surface area (Å²) >= 11 is 0. The fraction of sp³-hybridized carbons (Fsp3) is 0. The quantitative estimate of drug-likeness (QED) is 0.762. The van der Waals surface area contributed by atoms with Gasteiger partial charge in [-0.3, -0.25) is 4.79 Å². The molecule has 2 N–H and O–H groups in total. The van der Waals surface area contributed by atoms with Gasteiger partial charge in [-0.05, 0) is 42.5 Å². The van der Waals surface area contributed by atoms with Gasteiger partial charge >= 0.3 is 5.97 Å². The van der Waals surface area contributed by atoms with Crippen molar-refractivity contribution in [2.24, 2.45) is 0 Å². The summed E-state index contributed by atoms with van der Waals surface area (Å²) in [7, 11) is 0. The SMILES string of the molecule is O=C(O)c1cn(-c2ccc(O)cc2)c2ccc(F)cc2c1=O. The molecule has 1 aromatic heterocycles. The van der Waals surface area contributed by atoms with Crippen molar-refractivity contribution in [2.75, 3.05) is 0 Å². The monoisotopic (exact) mass is 299 g/mol. The number of fused-ring (bicyclic) bond motifs is 1. The number of carboxylic acid groups (broad SMARTS) is 1. The van der Waals surface area contributed by atoms with Crippen LogP contribution in [0.1, 0.15) is 10.4 Å². The molecular weight excluding hydrogens is 289 g/mol. The van der Waals surface area contributed by atoms with E-state index in [2.05, 4.69) is 0 Å². The highest BCUT2D eigenvalue weighted by Gasteiger charge is 2.15. The molecule has 3 aromatic rings. The summed E-state index contributed by atoms with van der Waals surface area (Å²) in [6.07, 6.45) is 1.19. The normalized spacial score (nSPS) is 10.8. The van der Waals surface area contributed by atoms with Crippen molar-refractivity contribution in [2.45, 2.75) is 0 Å². The largest absolute Gasteiger partial charge is 0.508 e. The highest BCUT2D eigenvalue weighted by Crippen LogP contribution is 2.20. The van der Waals surface area contributed by atoms with Gasteiger partial charge in [-0.25, -0.2) is 9.18 Å². The lowest BCUT2D eigenvalue weighted by Crippen LogP contribution is -2.18. The van der Waals surface area contributed by atoms with E-state index < -0.39 is 22.8 Å². The molecule has 22 heavy (non-hydrogen) atoms. The lowest BCUT2D eigenvalue weighted by molar-refractivity contribution is 0.0695. The second-order valence-corrected chi connectivity index (χ2v) is 4.72. The molecule has 0 saturated heterocycles. The summed E-state index contributed by atoms with van der Waals surface area (Å²) in [6, 6.07) is 9.61. The molecular formula is C16H10FNO4. The predicted octanol–water partition coefficient (Wildman–Crippen LogP) is 2.53. The van der Waals surface area contributed by atoms with Crippen LogP contribution in [-0.2, 0) is 0 Å². The van der Waals surface area contributed by atoms with Crippen molar-refractivity contribution in [3.05, 3.63) is 70.3 Å². The predicted molar refractivity (Wildman–Crippen MR) is 78.1 cm³/mol. The zero-order chi connectivity index (χ0) is 15.9. The van der Waals surface area contributed by atoms with Gasteiger partial charge in [0, 0.05) is 17.3 Å². The molecule has 0 unspecified atom stereocenters. The summed E-state index contributed by atoms with van der Waals surface area (Å²) < 4.78 is 14.9. The molecule has 3 rings (SSSR count). The molecule has 0 fully saturated rings. The smallest absolute Gasteiger partial charge is 0.341 e. The number of hydrogen-bond donors (Lipinski definition) is 2. The van der Waals surface area contributed by atoms with E-state index in [-0.39, 0.29) is 11.1 Å². The third-order valence-corrected chi connectivity index (χ3v) is 3.32. The standard InChI is InChI=1S/C16H10FNO4/c17-9-1-6-14-12(7-9)15(20)13(16(21)22)8-18(14)10-2-4-11(19)5-3-10/h1-8,19H,(H,21,22). The minimum Gasteiger partial charge on any atom is -0.508 e. The molecule has 0 aliphatic heterocycles. The first-order valence-corrected chi connectivity index (χ1v) is 6.35. The van der Waals surface area contributed by atoms with Crippen LogP contribution in [0.4, 0.5) is 4.39 Å². The van der Waals surface area contributed by atoms with Crippen LogP contribution in [0.2, 0.25) is 0 Å². The van der Waals surface area contributed by atoms with Gasteiger partial charge in [0.25, 0.3) is 0 Å². The van der Waals surface area contributed by atoms with Crippen molar-refractivity contribution in [3.8, 4) is 11.4 Å². The second kappa shape index (κ2) is 5.00. The Morgan fingerprint density at radius 3 is 2.41 bits per heavy atom. The Balaban J connectivity index is 2.43. The topological polar surface area (TPSA) is 79.5 Å². The molecule has 0 atom stereocenters. The molecule has 0 aliphatic carbocycles. The zero-order valence-corrected chi connectivity index (χ0v) is 11.2. The number of aromatic nitrogens is 1. The van der Waals surface area contributed by atoms with Crippen LogP contribution >= 0.6 is 0 Å². The molecule has 2 aromatic carbocycles. The molecule has 5 nitrogen and oxygen atoms in total.